The molecular formula is C17H22N2O3S2. The standard InChI is InChI=1S/C17H22N2O3S2/c1-12-6-2-3-7-13(12)18-16(20)10-24(21,22)11-17-19-14-8-4-5-9-15(14)23-17/h4-5,8-9,12-13H,2-3,6-7,10-11H2,1H3,(H,18,20)/t12-,13+/m0/s1. The third kappa shape index (κ3) is 4.33. The Morgan fingerprint density at radius 1 is 1.29 bits per heavy atom. The van der Waals surface area contributed by atoms with Crippen LogP contribution in [0, 0.1) is 5.92 Å². The van der Waals surface area contributed by atoms with E-state index < -0.39 is 21.5 Å². The topological polar surface area (TPSA) is 76.1 Å². The van der Waals surface area contributed by atoms with E-state index >= 15 is 0 Å². The maximum atomic E-state index is 12.3. The summed E-state index contributed by atoms with van der Waals surface area (Å²) in [6.07, 6.45) is 4.30. The smallest absolute Gasteiger partial charge is 0.235 e. The molecule has 130 valence electrons. The number of carbonyl (C=O) groups excluding carboxylic acids is 1. The van der Waals surface area contributed by atoms with Gasteiger partial charge in [0.25, 0.3) is 0 Å². The van der Waals surface area contributed by atoms with Crippen LogP contribution in [0.15, 0.2) is 24.3 Å². The zero-order valence-electron chi connectivity index (χ0n) is 13.7. The lowest BCUT2D eigenvalue weighted by Crippen LogP contribution is -2.43. The molecule has 1 fully saturated rings. The number of fused-ring (bicyclic) bond motifs is 1. The van der Waals surface area contributed by atoms with Crippen molar-refractivity contribution in [2.75, 3.05) is 5.75 Å². The van der Waals surface area contributed by atoms with Gasteiger partial charge in [-0.05, 0) is 30.9 Å². The van der Waals surface area contributed by atoms with E-state index in [1.807, 2.05) is 24.3 Å². The summed E-state index contributed by atoms with van der Waals surface area (Å²) >= 11 is 1.37. The maximum absolute atomic E-state index is 12.3. The quantitative estimate of drug-likeness (QED) is 0.883. The minimum Gasteiger partial charge on any atom is -0.352 e. The van der Waals surface area contributed by atoms with Gasteiger partial charge >= 0.3 is 0 Å². The summed E-state index contributed by atoms with van der Waals surface area (Å²) in [5.74, 6) is -0.629. The molecule has 5 nitrogen and oxygen atoms in total. The number of benzene rings is 1. The summed E-state index contributed by atoms with van der Waals surface area (Å²) in [7, 11) is -3.51. The fourth-order valence-corrected chi connectivity index (χ4v) is 5.76. The number of sulfone groups is 1. The van der Waals surface area contributed by atoms with Gasteiger partial charge in [-0.3, -0.25) is 4.79 Å². The van der Waals surface area contributed by atoms with E-state index in [-0.39, 0.29) is 11.8 Å². The van der Waals surface area contributed by atoms with E-state index in [2.05, 4.69) is 17.2 Å². The first kappa shape index (κ1) is 17.4. The van der Waals surface area contributed by atoms with Gasteiger partial charge < -0.3 is 5.32 Å². The molecule has 7 heteroatoms. The van der Waals surface area contributed by atoms with Crippen molar-refractivity contribution in [1.82, 2.24) is 10.3 Å². The molecule has 2 aromatic rings. The van der Waals surface area contributed by atoms with Crippen LogP contribution in [0.25, 0.3) is 10.2 Å². The molecule has 2 atom stereocenters. The van der Waals surface area contributed by atoms with Crippen molar-refractivity contribution < 1.29 is 13.2 Å². The van der Waals surface area contributed by atoms with Gasteiger partial charge in [-0.1, -0.05) is 31.9 Å². The number of nitrogens with zero attached hydrogens (tertiary/aromatic N) is 1. The van der Waals surface area contributed by atoms with Crippen LogP contribution in [-0.2, 0) is 20.4 Å². The van der Waals surface area contributed by atoms with Gasteiger partial charge in [0, 0.05) is 6.04 Å². The van der Waals surface area contributed by atoms with E-state index in [4.69, 9.17) is 0 Å². The zero-order chi connectivity index (χ0) is 17.2. The number of hydrogen-bond acceptors (Lipinski definition) is 5. The van der Waals surface area contributed by atoms with Crippen LogP contribution < -0.4 is 5.32 Å². The third-order valence-electron chi connectivity index (χ3n) is 4.49. The number of hydrogen-bond donors (Lipinski definition) is 1. The normalized spacial score (nSPS) is 21.7. The Morgan fingerprint density at radius 3 is 2.79 bits per heavy atom. The van der Waals surface area contributed by atoms with Crippen molar-refractivity contribution >= 4 is 37.3 Å². The van der Waals surface area contributed by atoms with Gasteiger partial charge in [0.2, 0.25) is 5.91 Å². The highest BCUT2D eigenvalue weighted by Crippen LogP contribution is 2.24. The molecule has 24 heavy (non-hydrogen) atoms. The third-order valence-corrected chi connectivity index (χ3v) is 7.12. The highest BCUT2D eigenvalue weighted by molar-refractivity contribution is 7.91. The van der Waals surface area contributed by atoms with Gasteiger partial charge in [0.1, 0.15) is 16.5 Å². The zero-order valence-corrected chi connectivity index (χ0v) is 15.3. The van der Waals surface area contributed by atoms with Crippen LogP contribution in [-0.4, -0.2) is 31.1 Å². The summed E-state index contributed by atoms with van der Waals surface area (Å²) in [4.78, 5) is 16.5. The van der Waals surface area contributed by atoms with Gasteiger partial charge in [-0.25, -0.2) is 13.4 Å². The lowest BCUT2D eigenvalue weighted by molar-refractivity contribution is -0.119. The Labute approximate surface area is 146 Å². The first-order valence-corrected chi connectivity index (χ1v) is 10.9. The largest absolute Gasteiger partial charge is 0.352 e. The highest BCUT2D eigenvalue weighted by atomic mass is 32.2. The van der Waals surface area contributed by atoms with Crippen molar-refractivity contribution in [3.63, 3.8) is 0 Å². The van der Waals surface area contributed by atoms with Crippen molar-refractivity contribution in [2.45, 2.75) is 44.4 Å². The van der Waals surface area contributed by atoms with E-state index in [1.165, 1.54) is 17.8 Å². The molecule has 0 spiro atoms. The Hall–Kier alpha value is -1.47. The van der Waals surface area contributed by atoms with Crippen molar-refractivity contribution in [3.05, 3.63) is 29.3 Å². The highest BCUT2D eigenvalue weighted by Gasteiger charge is 2.25. The Bertz CT molecular complexity index is 796. The predicted molar refractivity (Wildman–Crippen MR) is 96.7 cm³/mol. The second kappa shape index (κ2) is 7.19. The first-order chi connectivity index (χ1) is 11.4. The number of carbonyl (C=O) groups is 1. The average molecular weight is 367 g/mol. The van der Waals surface area contributed by atoms with Crippen molar-refractivity contribution in [3.8, 4) is 0 Å². The molecule has 0 bridgehead atoms. The van der Waals surface area contributed by atoms with Gasteiger partial charge in [0.05, 0.1) is 10.2 Å². The molecule has 1 heterocycles. The molecular weight excluding hydrogens is 344 g/mol. The molecule has 1 aliphatic rings. The number of thiazole rings is 1. The van der Waals surface area contributed by atoms with Crippen LogP contribution in [0.2, 0.25) is 0 Å². The van der Waals surface area contributed by atoms with Gasteiger partial charge in [-0.15, -0.1) is 11.3 Å². The number of aromatic nitrogens is 1. The first-order valence-electron chi connectivity index (χ1n) is 8.27. The number of nitrogens with one attached hydrogen (secondary N) is 1. The summed E-state index contributed by atoms with van der Waals surface area (Å²) in [6.45, 7) is 2.11. The fraction of sp³-hybridized carbons (Fsp3) is 0.529. The number of amides is 1. The lowest BCUT2D eigenvalue weighted by Gasteiger charge is -2.29. The summed E-state index contributed by atoms with van der Waals surface area (Å²) < 4.78 is 25.6. The molecule has 1 aromatic heterocycles. The van der Waals surface area contributed by atoms with Gasteiger partial charge in [0.15, 0.2) is 9.84 Å². The molecule has 0 aliphatic heterocycles. The molecule has 1 aromatic carbocycles. The minimum absolute atomic E-state index is 0.101. The van der Waals surface area contributed by atoms with Crippen molar-refractivity contribution in [2.24, 2.45) is 5.92 Å². The van der Waals surface area contributed by atoms with Gasteiger partial charge in [-0.2, -0.15) is 0 Å². The van der Waals surface area contributed by atoms with Crippen LogP contribution in [0.1, 0.15) is 37.6 Å². The maximum Gasteiger partial charge on any atom is 0.235 e. The SMILES string of the molecule is C[C@H]1CCCC[C@H]1NC(=O)CS(=O)(=O)Cc1nc2ccccc2s1. The summed E-state index contributed by atoms with van der Waals surface area (Å²) in [5.41, 5.74) is 0.799. The second-order valence-corrected chi connectivity index (χ2v) is 9.72. The Morgan fingerprint density at radius 2 is 2.04 bits per heavy atom. The van der Waals surface area contributed by atoms with E-state index in [1.54, 1.807) is 0 Å². The summed E-state index contributed by atoms with van der Waals surface area (Å²) in [5, 5.41) is 3.44. The molecule has 3 rings (SSSR count). The van der Waals surface area contributed by atoms with E-state index in [0.717, 1.165) is 29.5 Å². The van der Waals surface area contributed by atoms with Crippen LogP contribution in [0.5, 0.6) is 0 Å². The van der Waals surface area contributed by atoms with Crippen LogP contribution in [0.4, 0.5) is 0 Å². The Balaban J connectivity index is 1.61. The molecule has 1 aliphatic carbocycles. The minimum atomic E-state index is -3.51. The van der Waals surface area contributed by atoms with Crippen LogP contribution >= 0.6 is 11.3 Å². The monoisotopic (exact) mass is 366 g/mol. The molecule has 0 saturated heterocycles. The lowest BCUT2D eigenvalue weighted by atomic mass is 9.86. The van der Waals surface area contributed by atoms with E-state index in [0.29, 0.717) is 10.9 Å². The second-order valence-electron chi connectivity index (χ2n) is 6.54. The van der Waals surface area contributed by atoms with Crippen LogP contribution in [0.3, 0.4) is 0 Å². The molecule has 1 saturated carbocycles. The van der Waals surface area contributed by atoms with Crippen molar-refractivity contribution in [1.29, 1.82) is 0 Å². The number of para-hydroxylation sites is 1. The molecule has 0 unspecified atom stereocenters. The van der Waals surface area contributed by atoms with E-state index in [9.17, 15) is 13.2 Å². The summed E-state index contributed by atoms with van der Waals surface area (Å²) in [6, 6.07) is 7.65. The Kier molecular flexibility index (Phi) is 5.20. The number of rotatable bonds is 5. The molecule has 0 radical (unpaired) electrons. The predicted octanol–water partition coefficient (Wildman–Crippen LogP) is 2.91. The molecule has 1 amide bonds. The fourth-order valence-electron chi connectivity index (χ4n) is 3.20. The average Bonchev–Trinajstić information content (AvgIpc) is 2.90. The molecule has 1 N–H and O–H groups in total.